The number of rotatable bonds is 10. The Kier molecular flexibility index (Phi) is 9.06. The van der Waals surface area contributed by atoms with Gasteiger partial charge in [0.05, 0.1) is 12.0 Å². The van der Waals surface area contributed by atoms with E-state index in [-0.39, 0.29) is 60.1 Å². The zero-order chi connectivity index (χ0) is 23.2. The first-order valence-electron chi connectivity index (χ1n) is 11.2. The minimum Gasteiger partial charge on any atom is -0.445 e. The molecule has 2 fully saturated rings. The molecule has 174 valence electrons. The van der Waals surface area contributed by atoms with Crippen molar-refractivity contribution in [3.8, 4) is 0 Å². The van der Waals surface area contributed by atoms with Crippen molar-refractivity contribution in [3.63, 3.8) is 0 Å². The lowest BCUT2D eigenvalue weighted by atomic mass is 9.67. The molecule has 0 aromatic carbocycles. The molecule has 0 unspecified atom stereocenters. The maximum atomic E-state index is 12.6. The first kappa shape index (κ1) is 25.3. The van der Waals surface area contributed by atoms with Crippen molar-refractivity contribution in [2.45, 2.75) is 65.2 Å². The van der Waals surface area contributed by atoms with Crippen LogP contribution in [0.25, 0.3) is 0 Å². The molecule has 2 amide bonds. The lowest BCUT2D eigenvalue weighted by Crippen LogP contribution is -2.63. The molecule has 2 saturated heterocycles. The van der Waals surface area contributed by atoms with Gasteiger partial charge in [-0.2, -0.15) is 0 Å². The van der Waals surface area contributed by atoms with E-state index in [9.17, 15) is 14.4 Å². The summed E-state index contributed by atoms with van der Waals surface area (Å²) in [5.41, 5.74) is -0.0982. The molecule has 0 saturated carbocycles. The van der Waals surface area contributed by atoms with Crippen LogP contribution in [-0.4, -0.2) is 63.6 Å². The summed E-state index contributed by atoms with van der Waals surface area (Å²) < 4.78 is 11.1. The molecule has 2 aliphatic heterocycles. The van der Waals surface area contributed by atoms with Crippen LogP contribution in [0.3, 0.4) is 0 Å². The highest BCUT2D eigenvalue weighted by Crippen LogP contribution is 2.39. The Morgan fingerprint density at radius 1 is 1.35 bits per heavy atom. The third kappa shape index (κ3) is 7.03. The maximum Gasteiger partial charge on any atom is 0.410 e. The van der Waals surface area contributed by atoms with Gasteiger partial charge in [-0.3, -0.25) is 9.59 Å². The number of carbonyl (C=O) groups is 3. The number of β-lactam (4-membered cyclic amide) rings is 1. The molecule has 0 spiro atoms. The van der Waals surface area contributed by atoms with Gasteiger partial charge in [0, 0.05) is 25.6 Å². The topological polar surface area (TPSA) is 84.9 Å². The minimum absolute atomic E-state index is 0.00246. The van der Waals surface area contributed by atoms with Gasteiger partial charge in [0.15, 0.2) is 14.8 Å². The molecular formula is C23H38N2O5Si. The van der Waals surface area contributed by atoms with Crippen LogP contribution in [0.5, 0.6) is 0 Å². The third-order valence-corrected chi connectivity index (χ3v) is 6.86. The number of hydrogen-bond acceptors (Lipinski definition) is 5. The van der Waals surface area contributed by atoms with Crippen molar-refractivity contribution >= 4 is 26.8 Å². The van der Waals surface area contributed by atoms with Crippen molar-refractivity contribution in [2.75, 3.05) is 19.8 Å². The molecule has 2 heterocycles. The highest BCUT2D eigenvalue weighted by Gasteiger charge is 2.48. The Morgan fingerprint density at radius 3 is 2.65 bits per heavy atom. The number of hydrogen-bond donors (Lipinski definition) is 1. The van der Waals surface area contributed by atoms with Crippen LogP contribution in [0.2, 0.25) is 13.1 Å². The van der Waals surface area contributed by atoms with E-state index in [1.807, 2.05) is 0 Å². The minimum atomic E-state index is -1.20. The van der Waals surface area contributed by atoms with E-state index in [0.29, 0.717) is 13.2 Å². The predicted molar refractivity (Wildman–Crippen MR) is 123 cm³/mol. The van der Waals surface area contributed by atoms with Gasteiger partial charge in [-0.1, -0.05) is 39.5 Å². The fourth-order valence-electron chi connectivity index (χ4n) is 4.22. The summed E-state index contributed by atoms with van der Waals surface area (Å²) in [6, 6.07) is -0.316. The molecule has 0 aromatic rings. The fourth-order valence-corrected chi connectivity index (χ4v) is 4.81. The van der Waals surface area contributed by atoms with Gasteiger partial charge < -0.3 is 19.4 Å². The number of nitrogens with one attached hydrogen (secondary N) is 1. The summed E-state index contributed by atoms with van der Waals surface area (Å²) in [6.07, 6.45) is 6.42. The summed E-state index contributed by atoms with van der Waals surface area (Å²) in [5.74, 6) is -0.208. The van der Waals surface area contributed by atoms with Gasteiger partial charge >= 0.3 is 6.09 Å². The Bertz CT molecular complexity index is 701. The zero-order valence-electron chi connectivity index (χ0n) is 19.6. The first-order chi connectivity index (χ1) is 14.5. The van der Waals surface area contributed by atoms with Crippen molar-refractivity contribution in [2.24, 2.45) is 17.3 Å². The second-order valence-corrected chi connectivity index (χ2v) is 12.2. The van der Waals surface area contributed by atoms with E-state index in [1.165, 1.54) is 6.08 Å². The summed E-state index contributed by atoms with van der Waals surface area (Å²) in [6.45, 7) is 15.5. The van der Waals surface area contributed by atoms with Crippen LogP contribution >= 0.6 is 0 Å². The fraction of sp³-hybridized carbons (Fsp3) is 0.696. The van der Waals surface area contributed by atoms with Gasteiger partial charge in [-0.25, -0.2) is 4.79 Å². The van der Waals surface area contributed by atoms with E-state index in [4.69, 9.17) is 9.16 Å². The molecule has 4 atom stereocenters. The van der Waals surface area contributed by atoms with E-state index < -0.39 is 9.04 Å². The summed E-state index contributed by atoms with van der Waals surface area (Å²) >= 11 is 0. The number of nitrogens with zero attached hydrogens (tertiary/aromatic N) is 1. The highest BCUT2D eigenvalue weighted by molar-refractivity contribution is 6.48. The average molecular weight is 451 g/mol. The van der Waals surface area contributed by atoms with E-state index >= 15 is 0 Å². The smallest absolute Gasteiger partial charge is 0.410 e. The van der Waals surface area contributed by atoms with E-state index in [2.05, 4.69) is 45.8 Å². The molecule has 0 aromatic heterocycles. The number of ether oxygens (including phenoxy) is 1. The third-order valence-electron chi connectivity index (χ3n) is 6.00. The van der Waals surface area contributed by atoms with Crippen molar-refractivity contribution < 1.29 is 23.5 Å². The van der Waals surface area contributed by atoms with Gasteiger partial charge in [-0.05, 0) is 43.3 Å². The van der Waals surface area contributed by atoms with E-state index in [0.717, 1.165) is 12.8 Å². The van der Waals surface area contributed by atoms with E-state index in [1.54, 1.807) is 17.1 Å². The molecule has 31 heavy (non-hydrogen) atoms. The SMILES string of the molecule is C=CCOC(=O)N1CCC[C@H]1C=CC(=O)C[C@H]1NC(=O)[C@H]1[C@@H](CO[SiH](C)C)C(C)(C)C. The van der Waals surface area contributed by atoms with Gasteiger partial charge in [0.2, 0.25) is 5.91 Å². The molecule has 2 aliphatic rings. The zero-order valence-corrected chi connectivity index (χ0v) is 20.7. The highest BCUT2D eigenvalue weighted by atomic mass is 28.3. The Morgan fingerprint density at radius 2 is 2.06 bits per heavy atom. The number of ketones is 1. The second-order valence-electron chi connectivity index (χ2n) is 9.79. The summed E-state index contributed by atoms with van der Waals surface area (Å²) in [7, 11) is -1.20. The van der Waals surface area contributed by atoms with Gasteiger partial charge in [-0.15, -0.1) is 0 Å². The largest absolute Gasteiger partial charge is 0.445 e. The number of allylic oxidation sites excluding steroid dienone is 1. The molecule has 0 aliphatic carbocycles. The second kappa shape index (κ2) is 11.1. The average Bonchev–Trinajstić information content (AvgIpc) is 3.14. The number of amides is 2. The Balaban J connectivity index is 1.96. The van der Waals surface area contributed by atoms with Crippen LogP contribution in [0, 0.1) is 17.3 Å². The summed E-state index contributed by atoms with van der Waals surface area (Å²) in [5, 5.41) is 2.91. The Labute approximate surface area is 187 Å². The van der Waals surface area contributed by atoms with Crippen molar-refractivity contribution in [1.82, 2.24) is 10.2 Å². The molecule has 2 rings (SSSR count). The van der Waals surface area contributed by atoms with Crippen LogP contribution in [-0.2, 0) is 18.8 Å². The maximum absolute atomic E-state index is 12.6. The molecule has 1 N–H and O–H groups in total. The quantitative estimate of drug-likeness (QED) is 0.239. The molecule has 0 radical (unpaired) electrons. The first-order valence-corrected chi connectivity index (χ1v) is 14.0. The number of carbonyl (C=O) groups excluding carboxylic acids is 3. The molecule has 8 heteroatoms. The Hall–Kier alpha value is -1.93. The molecule has 0 bridgehead atoms. The lowest BCUT2D eigenvalue weighted by Gasteiger charge is -2.46. The van der Waals surface area contributed by atoms with Crippen LogP contribution in [0.1, 0.15) is 40.0 Å². The lowest BCUT2D eigenvalue weighted by molar-refractivity contribution is -0.143. The van der Waals surface area contributed by atoms with Crippen LogP contribution in [0.4, 0.5) is 4.79 Å². The standard InChI is InChI=1S/C23H38N2O5Si/c1-7-13-29-22(28)25-12-8-9-16(25)10-11-17(26)14-19-20(21(27)24-19)18(23(2,3)4)15-30-31(5)6/h7,10-11,16,18-20,31H,1,8-9,12-15H2,2-6H3,(H,24,27)/t16-,18+,19+,20-/m0/s1. The van der Waals surface area contributed by atoms with Gasteiger partial charge in [0.1, 0.15) is 6.61 Å². The van der Waals surface area contributed by atoms with Crippen LogP contribution in [0.15, 0.2) is 24.8 Å². The number of likely N-dealkylation sites (tertiary alicyclic amines) is 1. The molecule has 7 nitrogen and oxygen atoms in total. The monoisotopic (exact) mass is 450 g/mol. The molecular weight excluding hydrogens is 412 g/mol. The predicted octanol–water partition coefficient (Wildman–Crippen LogP) is 3.07. The normalized spacial score (nSPS) is 24.8. The van der Waals surface area contributed by atoms with Crippen LogP contribution < -0.4 is 5.32 Å². The van der Waals surface area contributed by atoms with Crippen molar-refractivity contribution in [3.05, 3.63) is 24.8 Å². The van der Waals surface area contributed by atoms with Crippen molar-refractivity contribution in [1.29, 1.82) is 0 Å². The van der Waals surface area contributed by atoms with Gasteiger partial charge in [0.25, 0.3) is 0 Å². The summed E-state index contributed by atoms with van der Waals surface area (Å²) in [4.78, 5) is 38.8.